The lowest BCUT2D eigenvalue weighted by Crippen LogP contribution is -2.09. The molecule has 116 valence electrons. The molecule has 0 saturated carbocycles. The van der Waals surface area contributed by atoms with Gasteiger partial charge in [-0.15, -0.1) is 0 Å². The Morgan fingerprint density at radius 2 is 1.48 bits per heavy atom. The number of hydrogen-bond donors (Lipinski definition) is 0. The topological polar surface area (TPSA) is 61.8 Å². The molecule has 0 aliphatic rings. The summed E-state index contributed by atoms with van der Waals surface area (Å²) >= 11 is 0. The smallest absolute Gasteiger partial charge is 0.338 e. The van der Waals surface area contributed by atoms with Crippen LogP contribution < -0.4 is 0 Å². The lowest BCUT2D eigenvalue weighted by atomic mass is 10.1. The Balaban J connectivity index is 2.17. The van der Waals surface area contributed by atoms with Crippen molar-refractivity contribution in [1.82, 2.24) is 0 Å². The minimum absolute atomic E-state index is 0.0273. The number of methoxy groups -OCH3 is 1. The van der Waals surface area contributed by atoms with Crippen LogP contribution in [0.15, 0.2) is 24.3 Å². The van der Waals surface area contributed by atoms with Gasteiger partial charge >= 0.3 is 5.97 Å². The predicted octanol–water partition coefficient (Wildman–Crippen LogP) is 2.49. The van der Waals surface area contributed by atoms with Crippen molar-refractivity contribution in [3.8, 4) is 0 Å². The number of hydrogen-bond acceptors (Lipinski definition) is 5. The van der Waals surface area contributed by atoms with Gasteiger partial charge in [-0.2, -0.15) is 0 Å². The first kappa shape index (κ1) is 17.3. The van der Waals surface area contributed by atoms with Crippen molar-refractivity contribution in [2.75, 3.05) is 33.5 Å². The van der Waals surface area contributed by atoms with E-state index < -0.39 is 0 Å². The second kappa shape index (κ2) is 10.1. The number of rotatable bonds is 10. The maximum atomic E-state index is 11.7. The van der Waals surface area contributed by atoms with Gasteiger partial charge in [0.15, 0.2) is 5.78 Å². The molecule has 1 aromatic carbocycles. The van der Waals surface area contributed by atoms with Crippen LogP contribution in [0.1, 0.15) is 40.5 Å². The zero-order valence-electron chi connectivity index (χ0n) is 12.6. The highest BCUT2D eigenvalue weighted by molar-refractivity contribution is 5.96. The van der Waals surface area contributed by atoms with Crippen molar-refractivity contribution >= 4 is 11.8 Å². The van der Waals surface area contributed by atoms with E-state index in [0.717, 1.165) is 6.42 Å². The van der Waals surface area contributed by atoms with Crippen LogP contribution in [-0.4, -0.2) is 45.3 Å². The summed E-state index contributed by atoms with van der Waals surface area (Å²) in [6, 6.07) is 6.44. The molecular weight excluding hydrogens is 272 g/mol. The Morgan fingerprint density at radius 3 is 2.05 bits per heavy atom. The van der Waals surface area contributed by atoms with Crippen molar-refractivity contribution in [1.29, 1.82) is 0 Å². The van der Waals surface area contributed by atoms with E-state index >= 15 is 0 Å². The van der Waals surface area contributed by atoms with E-state index in [0.29, 0.717) is 44.0 Å². The molecule has 0 bridgehead atoms. The summed E-state index contributed by atoms with van der Waals surface area (Å²) in [4.78, 5) is 22.9. The highest BCUT2D eigenvalue weighted by atomic mass is 16.5. The third-order valence-corrected chi connectivity index (χ3v) is 2.83. The molecule has 0 aliphatic carbocycles. The quantitative estimate of drug-likeness (QED) is 0.377. The summed E-state index contributed by atoms with van der Waals surface area (Å²) in [7, 11) is 1.66. The average Bonchev–Trinajstić information content (AvgIpc) is 2.49. The van der Waals surface area contributed by atoms with Crippen LogP contribution >= 0.6 is 0 Å². The fourth-order valence-corrected chi connectivity index (χ4v) is 1.66. The van der Waals surface area contributed by atoms with E-state index in [9.17, 15) is 9.59 Å². The Labute approximate surface area is 125 Å². The minimum atomic E-state index is -0.385. The molecule has 5 heteroatoms. The molecule has 0 radical (unpaired) electrons. The predicted molar refractivity (Wildman–Crippen MR) is 78.7 cm³/mol. The maximum absolute atomic E-state index is 11.7. The fraction of sp³-hybridized carbons (Fsp3) is 0.500. The molecule has 0 N–H and O–H groups in total. The van der Waals surface area contributed by atoms with Crippen LogP contribution in [0.2, 0.25) is 0 Å². The van der Waals surface area contributed by atoms with Crippen molar-refractivity contribution in [2.45, 2.75) is 19.8 Å². The molecule has 1 aromatic rings. The Morgan fingerprint density at radius 1 is 0.905 bits per heavy atom. The van der Waals surface area contributed by atoms with Crippen LogP contribution in [0.4, 0.5) is 0 Å². The molecule has 0 unspecified atom stereocenters. The number of carbonyl (C=O) groups is 2. The van der Waals surface area contributed by atoms with Crippen molar-refractivity contribution in [2.24, 2.45) is 0 Å². The highest BCUT2D eigenvalue weighted by Crippen LogP contribution is 2.07. The van der Waals surface area contributed by atoms with Crippen LogP contribution in [0.5, 0.6) is 0 Å². The van der Waals surface area contributed by atoms with E-state index in [2.05, 4.69) is 0 Å². The van der Waals surface area contributed by atoms with E-state index in [1.807, 2.05) is 0 Å². The highest BCUT2D eigenvalue weighted by Gasteiger charge is 2.07. The lowest BCUT2D eigenvalue weighted by molar-refractivity contribution is 0.0433. The number of carbonyl (C=O) groups excluding carboxylic acids is 2. The molecule has 0 aromatic heterocycles. The molecule has 0 aliphatic heterocycles. The Kier molecular flexibility index (Phi) is 8.31. The van der Waals surface area contributed by atoms with E-state index in [4.69, 9.17) is 14.2 Å². The van der Waals surface area contributed by atoms with Crippen LogP contribution in [-0.2, 0) is 14.2 Å². The van der Waals surface area contributed by atoms with Crippen molar-refractivity contribution in [3.63, 3.8) is 0 Å². The van der Waals surface area contributed by atoms with Gasteiger partial charge in [0.25, 0.3) is 0 Å². The summed E-state index contributed by atoms with van der Waals surface area (Å²) in [5, 5.41) is 0. The van der Waals surface area contributed by atoms with Gasteiger partial charge < -0.3 is 14.2 Å². The first-order chi connectivity index (χ1) is 10.1. The number of ketones is 1. The van der Waals surface area contributed by atoms with Crippen molar-refractivity contribution < 1.29 is 23.8 Å². The Hall–Kier alpha value is -1.72. The van der Waals surface area contributed by atoms with Gasteiger partial charge in [-0.3, -0.25) is 4.79 Å². The standard InChI is InChI=1S/C16H22O5/c1-13(17)14-5-7-15(8-6-14)16(18)21-12-4-11-20-10-3-9-19-2/h5-8H,3-4,9-12H2,1-2H3. The third kappa shape index (κ3) is 7.02. The number of Topliss-reactive ketones (excluding diaryl/α,β-unsaturated/α-hetero) is 1. The van der Waals surface area contributed by atoms with E-state index in [1.54, 1.807) is 31.4 Å². The summed E-state index contributed by atoms with van der Waals surface area (Å²) in [5.74, 6) is -0.412. The normalized spacial score (nSPS) is 10.4. The molecule has 0 amide bonds. The average molecular weight is 294 g/mol. The molecule has 1 rings (SSSR count). The lowest BCUT2D eigenvalue weighted by Gasteiger charge is -2.06. The van der Waals surface area contributed by atoms with Gasteiger partial charge in [-0.1, -0.05) is 12.1 Å². The van der Waals surface area contributed by atoms with E-state index in [-0.39, 0.29) is 11.8 Å². The van der Waals surface area contributed by atoms with E-state index in [1.165, 1.54) is 6.92 Å². The fourth-order valence-electron chi connectivity index (χ4n) is 1.66. The molecule has 0 atom stereocenters. The zero-order valence-corrected chi connectivity index (χ0v) is 12.6. The SMILES string of the molecule is COCCCOCCCOC(=O)c1ccc(C(C)=O)cc1. The maximum Gasteiger partial charge on any atom is 0.338 e. The molecule has 21 heavy (non-hydrogen) atoms. The largest absolute Gasteiger partial charge is 0.462 e. The minimum Gasteiger partial charge on any atom is -0.462 e. The van der Waals surface area contributed by atoms with Gasteiger partial charge in [-0.05, 0) is 25.5 Å². The molecule has 0 heterocycles. The summed E-state index contributed by atoms with van der Waals surface area (Å²) in [5.41, 5.74) is 1.03. The molecular formula is C16H22O5. The van der Waals surface area contributed by atoms with Crippen LogP contribution in [0, 0.1) is 0 Å². The molecule has 0 fully saturated rings. The second-order valence-electron chi connectivity index (χ2n) is 4.58. The first-order valence-electron chi connectivity index (χ1n) is 7.00. The number of esters is 1. The van der Waals surface area contributed by atoms with Gasteiger partial charge in [0.2, 0.25) is 0 Å². The summed E-state index contributed by atoms with van der Waals surface area (Å²) in [6.07, 6.45) is 1.52. The summed E-state index contributed by atoms with van der Waals surface area (Å²) in [6.45, 7) is 3.69. The number of benzene rings is 1. The summed E-state index contributed by atoms with van der Waals surface area (Å²) < 4.78 is 15.4. The monoisotopic (exact) mass is 294 g/mol. The van der Waals surface area contributed by atoms with Gasteiger partial charge in [-0.25, -0.2) is 4.79 Å². The first-order valence-corrected chi connectivity index (χ1v) is 7.00. The van der Waals surface area contributed by atoms with Crippen LogP contribution in [0.25, 0.3) is 0 Å². The van der Waals surface area contributed by atoms with Crippen molar-refractivity contribution in [3.05, 3.63) is 35.4 Å². The van der Waals surface area contributed by atoms with Crippen LogP contribution in [0.3, 0.4) is 0 Å². The third-order valence-electron chi connectivity index (χ3n) is 2.83. The Bertz CT molecular complexity index is 438. The second-order valence-corrected chi connectivity index (χ2v) is 4.58. The van der Waals surface area contributed by atoms with Gasteiger partial charge in [0.05, 0.1) is 12.2 Å². The van der Waals surface area contributed by atoms with Gasteiger partial charge in [0.1, 0.15) is 0 Å². The molecule has 5 nitrogen and oxygen atoms in total. The number of ether oxygens (including phenoxy) is 3. The van der Waals surface area contributed by atoms with Gasteiger partial charge in [0, 0.05) is 38.9 Å². The molecule has 0 spiro atoms. The molecule has 0 saturated heterocycles. The zero-order chi connectivity index (χ0) is 15.5.